The van der Waals surface area contributed by atoms with E-state index in [9.17, 15) is 18.0 Å². The van der Waals surface area contributed by atoms with Crippen LogP contribution in [0.1, 0.15) is 36.1 Å². The van der Waals surface area contributed by atoms with Gasteiger partial charge >= 0.3 is 0 Å². The molecule has 0 fully saturated rings. The topological polar surface area (TPSA) is 86.8 Å². The van der Waals surface area contributed by atoms with Gasteiger partial charge in [-0.2, -0.15) is 0 Å². The first kappa shape index (κ1) is 32.8. The Morgan fingerprint density at radius 2 is 1.43 bits per heavy atom. The van der Waals surface area contributed by atoms with Crippen molar-refractivity contribution in [3.63, 3.8) is 0 Å². The van der Waals surface area contributed by atoms with E-state index in [0.717, 1.165) is 21.0 Å². The number of amides is 2. The Morgan fingerprint density at radius 1 is 0.818 bits per heavy atom. The first-order chi connectivity index (χ1) is 21.0. The van der Waals surface area contributed by atoms with Crippen molar-refractivity contribution in [1.29, 1.82) is 0 Å². The Balaban J connectivity index is 1.83. The fraction of sp³-hybridized carbons (Fsp3) is 0.257. The molecule has 7 nitrogen and oxygen atoms in total. The molecule has 230 valence electrons. The van der Waals surface area contributed by atoms with Crippen LogP contribution in [0, 0.1) is 13.8 Å². The van der Waals surface area contributed by atoms with Crippen LogP contribution in [-0.4, -0.2) is 43.8 Å². The molecule has 0 aliphatic rings. The van der Waals surface area contributed by atoms with E-state index >= 15 is 0 Å². The summed E-state index contributed by atoms with van der Waals surface area (Å²) in [6, 6.07) is 29.0. The van der Waals surface area contributed by atoms with Crippen LogP contribution in [0.15, 0.2) is 108 Å². The summed E-state index contributed by atoms with van der Waals surface area (Å²) in [6.45, 7) is 6.97. The van der Waals surface area contributed by atoms with Crippen LogP contribution in [0.4, 0.5) is 5.69 Å². The molecular formula is C35H38ClN3O4S. The number of sulfonamides is 1. The number of carbonyl (C=O) groups is 2. The number of nitrogens with one attached hydrogen (secondary N) is 1. The zero-order chi connectivity index (χ0) is 31.9. The Labute approximate surface area is 265 Å². The molecule has 9 heteroatoms. The van der Waals surface area contributed by atoms with Crippen molar-refractivity contribution >= 4 is 39.1 Å². The molecule has 0 radical (unpaired) electrons. The molecule has 0 saturated heterocycles. The highest BCUT2D eigenvalue weighted by Gasteiger charge is 2.35. The molecule has 1 N–H and O–H groups in total. The third-order valence-electron chi connectivity index (χ3n) is 7.26. The minimum atomic E-state index is -4.20. The van der Waals surface area contributed by atoms with Gasteiger partial charge in [0.15, 0.2) is 0 Å². The highest BCUT2D eigenvalue weighted by atomic mass is 35.5. The monoisotopic (exact) mass is 631 g/mol. The van der Waals surface area contributed by atoms with E-state index < -0.39 is 28.5 Å². The highest BCUT2D eigenvalue weighted by molar-refractivity contribution is 7.92. The lowest BCUT2D eigenvalue weighted by Gasteiger charge is -2.34. The summed E-state index contributed by atoms with van der Waals surface area (Å²) in [5.74, 6) is -0.841. The van der Waals surface area contributed by atoms with E-state index in [0.29, 0.717) is 10.6 Å². The van der Waals surface area contributed by atoms with E-state index in [-0.39, 0.29) is 35.5 Å². The molecule has 1 unspecified atom stereocenters. The molecule has 0 aliphatic carbocycles. The zero-order valence-electron chi connectivity index (χ0n) is 25.4. The van der Waals surface area contributed by atoms with Crippen molar-refractivity contribution in [2.45, 2.75) is 57.6 Å². The summed E-state index contributed by atoms with van der Waals surface area (Å²) in [6.07, 6.45) is 0.249. The molecule has 0 aliphatic heterocycles. The van der Waals surface area contributed by atoms with Crippen molar-refractivity contribution in [3.8, 4) is 0 Å². The Hall–Kier alpha value is -4.14. The molecule has 0 heterocycles. The van der Waals surface area contributed by atoms with Crippen molar-refractivity contribution in [2.24, 2.45) is 0 Å². The average molecular weight is 632 g/mol. The van der Waals surface area contributed by atoms with Crippen molar-refractivity contribution < 1.29 is 18.0 Å². The van der Waals surface area contributed by atoms with Gasteiger partial charge in [0.25, 0.3) is 10.0 Å². The molecule has 44 heavy (non-hydrogen) atoms. The number of nitrogens with zero attached hydrogens (tertiary/aromatic N) is 2. The van der Waals surface area contributed by atoms with E-state index in [1.54, 1.807) is 43.3 Å². The summed E-state index contributed by atoms with van der Waals surface area (Å²) in [5, 5.41) is 3.34. The highest BCUT2D eigenvalue weighted by Crippen LogP contribution is 2.31. The quantitative estimate of drug-likeness (QED) is 0.198. The number of hydrogen-bond donors (Lipinski definition) is 1. The van der Waals surface area contributed by atoms with Crippen LogP contribution >= 0.6 is 11.6 Å². The molecule has 4 aromatic carbocycles. The van der Waals surface area contributed by atoms with Gasteiger partial charge in [-0.3, -0.25) is 13.9 Å². The lowest BCUT2D eigenvalue weighted by atomic mass is 10.0. The molecule has 0 spiro atoms. The number of carbonyl (C=O) groups excluding carboxylic acids is 2. The maximum Gasteiger partial charge on any atom is 0.264 e. The number of halogens is 1. The standard InChI is InChI=1S/C35H38ClN3O4S/c1-25(2)37-35(41)33(22-28-14-7-5-8-15-28)38(23-29-16-11-13-26(3)21-29)34(40)24-39(32-20-12-19-31(36)27(32)4)44(42,43)30-17-9-6-10-18-30/h5-21,25,33H,22-24H2,1-4H3,(H,37,41). The van der Waals surface area contributed by atoms with Crippen LogP contribution in [0.25, 0.3) is 0 Å². The molecule has 2 amide bonds. The van der Waals surface area contributed by atoms with Crippen molar-refractivity contribution in [1.82, 2.24) is 10.2 Å². The molecular weight excluding hydrogens is 594 g/mol. The number of rotatable bonds is 12. The first-order valence-corrected chi connectivity index (χ1v) is 16.3. The smallest absolute Gasteiger partial charge is 0.264 e. The van der Waals surface area contributed by atoms with E-state index in [2.05, 4.69) is 5.32 Å². The second kappa shape index (κ2) is 14.6. The SMILES string of the molecule is Cc1cccc(CN(C(=O)CN(c2cccc(Cl)c2C)S(=O)(=O)c2ccccc2)C(Cc2ccccc2)C(=O)NC(C)C)c1. The first-order valence-electron chi connectivity index (χ1n) is 14.5. The van der Waals surface area contributed by atoms with Crippen LogP contribution in [0.2, 0.25) is 5.02 Å². The average Bonchev–Trinajstić information content (AvgIpc) is 2.99. The number of anilines is 1. The van der Waals surface area contributed by atoms with Gasteiger partial charge in [-0.1, -0.05) is 96.0 Å². The Kier molecular flexibility index (Phi) is 10.8. The van der Waals surface area contributed by atoms with Crippen molar-refractivity contribution in [3.05, 3.63) is 130 Å². The zero-order valence-corrected chi connectivity index (χ0v) is 27.0. The summed E-state index contributed by atoms with van der Waals surface area (Å²) in [4.78, 5) is 29.8. The fourth-order valence-electron chi connectivity index (χ4n) is 5.04. The maximum absolute atomic E-state index is 14.5. The van der Waals surface area contributed by atoms with Gasteiger partial charge < -0.3 is 10.2 Å². The summed E-state index contributed by atoms with van der Waals surface area (Å²) < 4.78 is 29.4. The van der Waals surface area contributed by atoms with Crippen LogP contribution < -0.4 is 9.62 Å². The third-order valence-corrected chi connectivity index (χ3v) is 9.44. The fourth-order valence-corrected chi connectivity index (χ4v) is 6.70. The van der Waals surface area contributed by atoms with Gasteiger partial charge in [0, 0.05) is 24.0 Å². The summed E-state index contributed by atoms with van der Waals surface area (Å²) in [5.41, 5.74) is 3.51. The number of benzene rings is 4. The third kappa shape index (κ3) is 8.07. The predicted molar refractivity (Wildman–Crippen MR) is 176 cm³/mol. The minimum absolute atomic E-state index is 0.0378. The van der Waals surface area contributed by atoms with Gasteiger partial charge in [-0.15, -0.1) is 0 Å². The lowest BCUT2D eigenvalue weighted by Crippen LogP contribution is -2.54. The molecule has 1 atom stereocenters. The molecule has 4 aromatic rings. The lowest BCUT2D eigenvalue weighted by molar-refractivity contribution is -0.140. The molecule has 0 saturated carbocycles. The van der Waals surface area contributed by atoms with Crippen molar-refractivity contribution in [2.75, 3.05) is 10.8 Å². The van der Waals surface area contributed by atoms with Crippen LogP contribution in [0.3, 0.4) is 0 Å². The van der Waals surface area contributed by atoms with E-state index in [1.807, 2.05) is 75.4 Å². The van der Waals surface area contributed by atoms with E-state index in [4.69, 9.17) is 11.6 Å². The van der Waals surface area contributed by atoms with Crippen LogP contribution in [-0.2, 0) is 32.6 Å². The van der Waals surface area contributed by atoms with Gasteiger partial charge in [-0.05, 0) is 68.7 Å². The van der Waals surface area contributed by atoms with Gasteiger partial charge in [0.1, 0.15) is 12.6 Å². The minimum Gasteiger partial charge on any atom is -0.352 e. The van der Waals surface area contributed by atoms with E-state index in [1.165, 1.54) is 17.0 Å². The van der Waals surface area contributed by atoms with Gasteiger partial charge in [0.05, 0.1) is 10.6 Å². The summed E-state index contributed by atoms with van der Waals surface area (Å²) in [7, 11) is -4.20. The van der Waals surface area contributed by atoms with Gasteiger partial charge in [-0.25, -0.2) is 8.42 Å². The summed E-state index contributed by atoms with van der Waals surface area (Å²) >= 11 is 6.44. The molecule has 4 rings (SSSR count). The second-order valence-corrected chi connectivity index (χ2v) is 13.4. The largest absolute Gasteiger partial charge is 0.352 e. The van der Waals surface area contributed by atoms with Gasteiger partial charge in [0.2, 0.25) is 11.8 Å². The second-order valence-electron chi connectivity index (χ2n) is 11.1. The maximum atomic E-state index is 14.5. The number of aryl methyl sites for hydroxylation is 1. The molecule has 0 aromatic heterocycles. The Morgan fingerprint density at radius 3 is 2.07 bits per heavy atom. The normalized spacial score (nSPS) is 12.0. The molecule has 0 bridgehead atoms. The Bertz CT molecular complexity index is 1700. The van der Waals surface area contributed by atoms with Crippen LogP contribution in [0.5, 0.6) is 0 Å². The predicted octanol–water partition coefficient (Wildman–Crippen LogP) is 6.32. The number of hydrogen-bond acceptors (Lipinski definition) is 4.